The van der Waals surface area contributed by atoms with Crippen LogP contribution in [0.2, 0.25) is 0 Å². The van der Waals surface area contributed by atoms with Gasteiger partial charge in [-0.2, -0.15) is 0 Å². The monoisotopic (exact) mass is 340 g/mol. The van der Waals surface area contributed by atoms with Gasteiger partial charge in [0.1, 0.15) is 5.75 Å². The molecule has 0 aliphatic carbocycles. The van der Waals surface area contributed by atoms with Crippen molar-refractivity contribution in [1.29, 1.82) is 0 Å². The molecule has 2 N–H and O–H groups in total. The second-order valence-electron chi connectivity index (χ2n) is 6.21. The fourth-order valence-electron chi connectivity index (χ4n) is 2.91. The molecule has 1 aliphatic heterocycles. The maximum atomic E-state index is 11.9. The van der Waals surface area contributed by atoms with Gasteiger partial charge in [0.25, 0.3) is 0 Å². The number of halogens is 1. The van der Waals surface area contributed by atoms with Crippen LogP contribution in [0.15, 0.2) is 24.3 Å². The van der Waals surface area contributed by atoms with Gasteiger partial charge in [-0.15, -0.1) is 12.4 Å². The maximum absolute atomic E-state index is 11.9. The summed E-state index contributed by atoms with van der Waals surface area (Å²) in [6.45, 7) is 5.11. The molecule has 1 aliphatic rings. The highest BCUT2D eigenvalue weighted by molar-refractivity contribution is 5.85. The van der Waals surface area contributed by atoms with E-state index in [1.807, 2.05) is 12.1 Å². The largest absolute Gasteiger partial charge is 0.497 e. The Labute approximate surface area is 145 Å². The zero-order valence-corrected chi connectivity index (χ0v) is 15.0. The number of ether oxygens (including phenoxy) is 1. The van der Waals surface area contributed by atoms with Gasteiger partial charge in [-0.25, -0.2) is 0 Å². The molecule has 1 amide bonds. The molecule has 130 valence electrons. The lowest BCUT2D eigenvalue weighted by Gasteiger charge is -2.13. The minimum absolute atomic E-state index is 0. The number of hydrogen-bond acceptors (Lipinski definition) is 3. The number of rotatable bonds is 8. The standard InChI is InChI=1S/C18H28N2O2.ClH/c1-14(16-4-6-17(22-2)7-5-16)9-12-20-18(21)8-3-15-10-11-19-13-15;/h4-7,14-15,19H,3,8-13H2,1-2H3,(H,20,21);1H. The highest BCUT2D eigenvalue weighted by Gasteiger charge is 2.15. The zero-order chi connectivity index (χ0) is 15.8. The van der Waals surface area contributed by atoms with E-state index in [0.29, 0.717) is 18.3 Å². The molecule has 1 fully saturated rings. The summed E-state index contributed by atoms with van der Waals surface area (Å²) in [6.07, 6.45) is 3.83. The normalized spacial score (nSPS) is 18.1. The van der Waals surface area contributed by atoms with E-state index < -0.39 is 0 Å². The first-order chi connectivity index (χ1) is 10.7. The number of methoxy groups -OCH3 is 1. The van der Waals surface area contributed by atoms with Crippen molar-refractivity contribution < 1.29 is 9.53 Å². The van der Waals surface area contributed by atoms with Gasteiger partial charge < -0.3 is 15.4 Å². The summed E-state index contributed by atoms with van der Waals surface area (Å²) in [5.74, 6) is 2.19. The predicted octanol–water partition coefficient (Wildman–Crippen LogP) is 3.12. The van der Waals surface area contributed by atoms with Crippen molar-refractivity contribution in [2.75, 3.05) is 26.7 Å². The molecule has 0 radical (unpaired) electrons. The number of benzene rings is 1. The number of carbonyl (C=O) groups excluding carboxylic acids is 1. The average Bonchev–Trinajstić information content (AvgIpc) is 3.06. The summed E-state index contributed by atoms with van der Waals surface area (Å²) < 4.78 is 5.17. The lowest BCUT2D eigenvalue weighted by molar-refractivity contribution is -0.121. The number of nitrogens with one attached hydrogen (secondary N) is 2. The van der Waals surface area contributed by atoms with Crippen LogP contribution in [-0.4, -0.2) is 32.7 Å². The summed E-state index contributed by atoms with van der Waals surface area (Å²) in [6, 6.07) is 8.16. The van der Waals surface area contributed by atoms with Crippen molar-refractivity contribution in [2.45, 2.75) is 38.5 Å². The van der Waals surface area contributed by atoms with E-state index in [9.17, 15) is 4.79 Å². The number of amides is 1. The first-order valence-electron chi connectivity index (χ1n) is 8.30. The van der Waals surface area contributed by atoms with Crippen LogP contribution in [0, 0.1) is 5.92 Å². The Hall–Kier alpha value is -1.26. The summed E-state index contributed by atoms with van der Waals surface area (Å²) >= 11 is 0. The smallest absolute Gasteiger partial charge is 0.220 e. The fourth-order valence-corrected chi connectivity index (χ4v) is 2.91. The highest BCUT2D eigenvalue weighted by Crippen LogP contribution is 2.21. The molecule has 1 saturated heterocycles. The van der Waals surface area contributed by atoms with E-state index in [2.05, 4.69) is 29.7 Å². The second-order valence-corrected chi connectivity index (χ2v) is 6.21. The van der Waals surface area contributed by atoms with E-state index in [4.69, 9.17) is 4.74 Å². The summed E-state index contributed by atoms with van der Waals surface area (Å²) in [5.41, 5.74) is 1.28. The fraction of sp³-hybridized carbons (Fsp3) is 0.611. The van der Waals surface area contributed by atoms with Gasteiger partial charge in [-0.1, -0.05) is 19.1 Å². The highest BCUT2D eigenvalue weighted by atomic mass is 35.5. The zero-order valence-electron chi connectivity index (χ0n) is 14.1. The maximum Gasteiger partial charge on any atom is 0.220 e. The summed E-state index contributed by atoms with van der Waals surface area (Å²) in [4.78, 5) is 11.9. The Morgan fingerprint density at radius 3 is 2.74 bits per heavy atom. The lowest BCUT2D eigenvalue weighted by atomic mass is 9.97. The van der Waals surface area contributed by atoms with E-state index in [-0.39, 0.29) is 18.3 Å². The molecular weight excluding hydrogens is 312 g/mol. The second kappa shape index (κ2) is 10.5. The molecular formula is C18H29ClN2O2. The Kier molecular flexibility index (Phi) is 9.03. The van der Waals surface area contributed by atoms with Crippen molar-refractivity contribution in [3.63, 3.8) is 0 Å². The molecule has 4 nitrogen and oxygen atoms in total. The Morgan fingerprint density at radius 2 is 2.13 bits per heavy atom. The van der Waals surface area contributed by atoms with E-state index in [1.165, 1.54) is 12.0 Å². The molecule has 2 atom stereocenters. The summed E-state index contributed by atoms with van der Waals surface area (Å²) in [7, 11) is 1.68. The molecule has 0 bridgehead atoms. The van der Waals surface area contributed by atoms with Crippen LogP contribution in [0.1, 0.15) is 44.1 Å². The van der Waals surface area contributed by atoms with E-state index in [0.717, 1.165) is 38.2 Å². The van der Waals surface area contributed by atoms with Gasteiger partial charge in [-0.3, -0.25) is 4.79 Å². The Balaban J connectivity index is 0.00000264. The molecule has 5 heteroatoms. The van der Waals surface area contributed by atoms with Crippen LogP contribution < -0.4 is 15.4 Å². The predicted molar refractivity (Wildman–Crippen MR) is 96.5 cm³/mol. The summed E-state index contributed by atoms with van der Waals surface area (Å²) in [5, 5.41) is 6.39. The van der Waals surface area contributed by atoms with Crippen LogP contribution in [0.5, 0.6) is 5.75 Å². The minimum atomic E-state index is 0. The molecule has 1 aromatic carbocycles. The van der Waals surface area contributed by atoms with E-state index >= 15 is 0 Å². The third kappa shape index (κ3) is 6.80. The molecule has 0 spiro atoms. The lowest BCUT2D eigenvalue weighted by Crippen LogP contribution is -2.25. The van der Waals surface area contributed by atoms with Gasteiger partial charge in [0.05, 0.1) is 7.11 Å². The van der Waals surface area contributed by atoms with E-state index in [1.54, 1.807) is 7.11 Å². The third-order valence-corrected chi connectivity index (χ3v) is 4.53. The van der Waals surface area contributed by atoms with Crippen LogP contribution in [0.4, 0.5) is 0 Å². The molecule has 23 heavy (non-hydrogen) atoms. The molecule has 0 aromatic heterocycles. The molecule has 0 saturated carbocycles. The van der Waals surface area contributed by atoms with Crippen LogP contribution in [0.3, 0.4) is 0 Å². The van der Waals surface area contributed by atoms with Gasteiger partial charge in [0.15, 0.2) is 0 Å². The van der Waals surface area contributed by atoms with Crippen molar-refractivity contribution in [3.05, 3.63) is 29.8 Å². The Bertz CT molecular complexity index is 459. The van der Waals surface area contributed by atoms with Crippen molar-refractivity contribution in [1.82, 2.24) is 10.6 Å². The third-order valence-electron chi connectivity index (χ3n) is 4.53. The van der Waals surface area contributed by atoms with Crippen molar-refractivity contribution >= 4 is 18.3 Å². The van der Waals surface area contributed by atoms with Crippen molar-refractivity contribution in [3.8, 4) is 5.75 Å². The topological polar surface area (TPSA) is 50.4 Å². The quantitative estimate of drug-likeness (QED) is 0.764. The van der Waals surface area contributed by atoms with Crippen molar-refractivity contribution in [2.24, 2.45) is 5.92 Å². The first kappa shape index (κ1) is 19.8. The SMILES string of the molecule is COc1ccc(C(C)CCNC(=O)CCC2CCNC2)cc1.Cl. The van der Waals surface area contributed by atoms with Gasteiger partial charge in [0.2, 0.25) is 5.91 Å². The molecule has 1 heterocycles. The van der Waals surface area contributed by atoms with Gasteiger partial charge >= 0.3 is 0 Å². The van der Waals surface area contributed by atoms with Crippen LogP contribution >= 0.6 is 12.4 Å². The number of hydrogen-bond donors (Lipinski definition) is 2. The Morgan fingerprint density at radius 1 is 1.39 bits per heavy atom. The van der Waals surface area contributed by atoms with Crippen LogP contribution in [-0.2, 0) is 4.79 Å². The minimum Gasteiger partial charge on any atom is -0.497 e. The van der Waals surface area contributed by atoms with Gasteiger partial charge in [0, 0.05) is 13.0 Å². The van der Waals surface area contributed by atoms with Gasteiger partial charge in [-0.05, 0) is 61.9 Å². The molecule has 1 aromatic rings. The number of carbonyl (C=O) groups is 1. The molecule has 2 rings (SSSR count). The molecule has 2 unspecified atom stereocenters. The van der Waals surface area contributed by atoms with Crippen LogP contribution in [0.25, 0.3) is 0 Å². The first-order valence-corrected chi connectivity index (χ1v) is 8.30. The average molecular weight is 341 g/mol.